The van der Waals surface area contributed by atoms with Crippen molar-refractivity contribution < 1.29 is 27.9 Å². The molecule has 3 N–H and O–H groups in total. The Morgan fingerprint density at radius 1 is 1.30 bits per heavy atom. The van der Waals surface area contributed by atoms with Gasteiger partial charge in [-0.1, -0.05) is 13.8 Å². The van der Waals surface area contributed by atoms with Crippen molar-refractivity contribution in [1.29, 1.82) is 0 Å². The Kier molecular flexibility index (Phi) is 5.23. The van der Waals surface area contributed by atoms with Gasteiger partial charge in [-0.2, -0.15) is 0 Å². The third kappa shape index (κ3) is 4.52. The third-order valence-corrected chi connectivity index (χ3v) is 3.25. The summed E-state index contributed by atoms with van der Waals surface area (Å²) >= 11 is 0. The summed E-state index contributed by atoms with van der Waals surface area (Å²) in [6.07, 6.45) is -0.840. The van der Waals surface area contributed by atoms with Crippen molar-refractivity contribution in [2.75, 3.05) is 6.54 Å². The van der Waals surface area contributed by atoms with E-state index in [2.05, 4.69) is 5.32 Å². The number of halogens is 2. The molecule has 0 radical (unpaired) electrons. The summed E-state index contributed by atoms with van der Waals surface area (Å²) in [7, 11) is 0. The predicted octanol–water partition coefficient (Wildman–Crippen LogP) is 0.867. The lowest BCUT2D eigenvalue weighted by molar-refractivity contribution is -0.198. The minimum Gasteiger partial charge on any atom is -0.444 e. The van der Waals surface area contributed by atoms with Gasteiger partial charge >= 0.3 is 6.09 Å². The van der Waals surface area contributed by atoms with Crippen LogP contribution in [0.3, 0.4) is 0 Å². The largest absolute Gasteiger partial charge is 0.444 e. The van der Waals surface area contributed by atoms with Gasteiger partial charge in [-0.25, -0.2) is 13.6 Å². The number of nitrogens with one attached hydrogen (secondary N) is 1. The highest BCUT2D eigenvalue weighted by atomic mass is 19.3. The lowest BCUT2D eigenvalue weighted by atomic mass is 9.93. The zero-order chi connectivity index (χ0) is 18.2. The average Bonchev–Trinajstić information content (AvgIpc) is 2.29. The number of primary amides is 1. The second-order valence-corrected chi connectivity index (χ2v) is 6.90. The van der Waals surface area contributed by atoms with E-state index in [-0.39, 0.29) is 0 Å². The van der Waals surface area contributed by atoms with Crippen molar-refractivity contribution in [3.63, 3.8) is 0 Å². The molecule has 0 aliphatic carbocycles. The Hall–Kier alpha value is -1.93. The fourth-order valence-electron chi connectivity index (χ4n) is 2.21. The lowest BCUT2D eigenvalue weighted by Crippen LogP contribution is -2.73. The van der Waals surface area contributed by atoms with Crippen molar-refractivity contribution in [3.8, 4) is 0 Å². The summed E-state index contributed by atoms with van der Waals surface area (Å²) in [6.45, 7) is 7.32. The molecule has 3 amide bonds. The number of rotatable bonds is 4. The molecule has 1 fully saturated rings. The van der Waals surface area contributed by atoms with Crippen LogP contribution in [0.4, 0.5) is 13.6 Å². The zero-order valence-corrected chi connectivity index (χ0v) is 13.9. The molecule has 7 nitrogen and oxygen atoms in total. The lowest BCUT2D eigenvalue weighted by Gasteiger charge is -2.47. The number of nitrogens with zero attached hydrogens (tertiary/aromatic N) is 1. The van der Waals surface area contributed by atoms with Crippen LogP contribution in [-0.4, -0.2) is 53.0 Å². The minimum absolute atomic E-state index is 0.391. The van der Waals surface area contributed by atoms with Crippen LogP contribution in [0.2, 0.25) is 0 Å². The van der Waals surface area contributed by atoms with Crippen LogP contribution in [0, 0.1) is 5.92 Å². The molecule has 0 spiro atoms. The molecule has 0 aromatic carbocycles. The summed E-state index contributed by atoms with van der Waals surface area (Å²) in [5.41, 5.74) is 4.17. The van der Waals surface area contributed by atoms with Crippen LogP contribution in [0.25, 0.3) is 0 Å². The Balaban J connectivity index is 2.84. The highest BCUT2D eigenvalue weighted by Crippen LogP contribution is 2.35. The predicted molar refractivity (Wildman–Crippen MR) is 77.6 cm³/mol. The normalized spacial score (nSPS) is 21.4. The summed E-state index contributed by atoms with van der Waals surface area (Å²) in [4.78, 5) is 36.0. The van der Waals surface area contributed by atoms with E-state index in [0.717, 1.165) is 0 Å². The van der Waals surface area contributed by atoms with Crippen LogP contribution in [0.1, 0.15) is 34.6 Å². The first kappa shape index (κ1) is 19.1. The molecular formula is C14H23F2N3O4. The highest BCUT2D eigenvalue weighted by molar-refractivity contribution is 5.93. The number of hydrogen-bond donors (Lipinski definition) is 2. The first-order valence-electron chi connectivity index (χ1n) is 7.23. The van der Waals surface area contributed by atoms with E-state index in [1.54, 1.807) is 34.6 Å². The first-order chi connectivity index (χ1) is 10.3. The summed E-state index contributed by atoms with van der Waals surface area (Å²) in [5.74, 6) is -5.82. The maximum Gasteiger partial charge on any atom is 0.408 e. The molecule has 0 aromatic rings. The van der Waals surface area contributed by atoms with E-state index in [1.807, 2.05) is 0 Å². The van der Waals surface area contributed by atoms with Gasteiger partial charge < -0.3 is 20.7 Å². The monoisotopic (exact) mass is 335 g/mol. The minimum atomic E-state index is -3.35. The number of alkyl halides is 2. The molecule has 0 saturated carbocycles. The zero-order valence-electron chi connectivity index (χ0n) is 13.9. The smallest absolute Gasteiger partial charge is 0.408 e. The van der Waals surface area contributed by atoms with Crippen molar-refractivity contribution in [1.82, 2.24) is 10.2 Å². The molecule has 23 heavy (non-hydrogen) atoms. The second-order valence-electron chi connectivity index (χ2n) is 6.90. The van der Waals surface area contributed by atoms with Crippen LogP contribution in [-0.2, 0) is 14.3 Å². The SMILES string of the molecule is CC(C)[C@H](NC(=O)OC(C)(C)C)C(=O)N1CC(F)(F)C1C(N)=O. The van der Waals surface area contributed by atoms with Gasteiger partial charge in [0.15, 0.2) is 6.04 Å². The third-order valence-electron chi connectivity index (χ3n) is 3.25. The molecule has 132 valence electrons. The van der Waals surface area contributed by atoms with Crippen LogP contribution in [0.5, 0.6) is 0 Å². The van der Waals surface area contributed by atoms with Crippen LogP contribution >= 0.6 is 0 Å². The maximum absolute atomic E-state index is 13.4. The molecule has 0 bridgehead atoms. The molecule has 1 saturated heterocycles. The molecule has 1 aliphatic heterocycles. The van der Waals surface area contributed by atoms with Gasteiger partial charge in [0.2, 0.25) is 11.8 Å². The fraction of sp³-hybridized carbons (Fsp3) is 0.786. The molecule has 1 unspecified atom stereocenters. The van der Waals surface area contributed by atoms with Crippen molar-refractivity contribution in [3.05, 3.63) is 0 Å². The summed E-state index contributed by atoms with van der Waals surface area (Å²) in [6, 6.07) is -3.08. The van der Waals surface area contributed by atoms with Gasteiger partial charge in [-0.05, 0) is 26.7 Å². The fourth-order valence-corrected chi connectivity index (χ4v) is 2.21. The Bertz CT molecular complexity index is 503. The van der Waals surface area contributed by atoms with Gasteiger partial charge in [-0.3, -0.25) is 9.59 Å². The second kappa shape index (κ2) is 6.29. The number of nitrogens with two attached hydrogens (primary N) is 1. The molecular weight excluding hydrogens is 312 g/mol. The quantitative estimate of drug-likeness (QED) is 0.796. The molecule has 9 heteroatoms. The molecule has 1 rings (SSSR count). The van der Waals surface area contributed by atoms with E-state index >= 15 is 0 Å². The van der Waals surface area contributed by atoms with Gasteiger partial charge in [0.1, 0.15) is 11.6 Å². The number of likely N-dealkylation sites (tertiary alicyclic amines) is 1. The molecule has 2 atom stereocenters. The van der Waals surface area contributed by atoms with Crippen LogP contribution < -0.4 is 11.1 Å². The maximum atomic E-state index is 13.4. The number of carbonyl (C=O) groups excluding carboxylic acids is 3. The van der Waals surface area contributed by atoms with Crippen molar-refractivity contribution >= 4 is 17.9 Å². The van der Waals surface area contributed by atoms with E-state index < -0.39 is 54.0 Å². The number of hydrogen-bond acceptors (Lipinski definition) is 4. The Morgan fingerprint density at radius 2 is 1.83 bits per heavy atom. The van der Waals surface area contributed by atoms with Gasteiger partial charge in [-0.15, -0.1) is 0 Å². The first-order valence-corrected chi connectivity index (χ1v) is 7.23. The van der Waals surface area contributed by atoms with Crippen LogP contribution in [0.15, 0.2) is 0 Å². The van der Waals surface area contributed by atoms with Crippen molar-refractivity contribution in [2.24, 2.45) is 11.7 Å². The summed E-state index contributed by atoms with van der Waals surface area (Å²) in [5, 5.41) is 2.36. The highest BCUT2D eigenvalue weighted by Gasteiger charge is 2.60. The Morgan fingerprint density at radius 3 is 2.17 bits per heavy atom. The summed E-state index contributed by atoms with van der Waals surface area (Å²) < 4.78 is 31.9. The number of alkyl carbamates (subject to hydrolysis) is 1. The number of amides is 3. The average molecular weight is 335 g/mol. The standard InChI is InChI=1S/C14H23F2N3O4/c1-7(2)8(18-12(22)23-13(3,4)5)11(21)19-6-14(15,16)9(19)10(17)20/h7-9H,6H2,1-5H3,(H2,17,20)(H,18,22)/t8-,9?/m0/s1. The molecule has 1 aliphatic rings. The number of ether oxygens (including phenoxy) is 1. The van der Waals surface area contributed by atoms with Gasteiger partial charge in [0.05, 0.1) is 6.54 Å². The Labute approximate surface area is 133 Å². The van der Waals surface area contributed by atoms with Gasteiger partial charge in [0.25, 0.3) is 5.92 Å². The van der Waals surface area contributed by atoms with E-state index in [9.17, 15) is 23.2 Å². The topological polar surface area (TPSA) is 102 Å². The van der Waals surface area contributed by atoms with E-state index in [0.29, 0.717) is 4.90 Å². The van der Waals surface area contributed by atoms with E-state index in [1.165, 1.54) is 0 Å². The molecule has 1 heterocycles. The number of carbonyl (C=O) groups is 3. The van der Waals surface area contributed by atoms with E-state index in [4.69, 9.17) is 10.5 Å². The molecule has 0 aromatic heterocycles. The van der Waals surface area contributed by atoms with Gasteiger partial charge in [0, 0.05) is 0 Å². The van der Waals surface area contributed by atoms with Crippen molar-refractivity contribution in [2.45, 2.75) is 58.2 Å².